The van der Waals surface area contributed by atoms with E-state index in [0.29, 0.717) is 12.1 Å². The molecule has 2 aromatic carbocycles. The Balaban J connectivity index is 1.82. The van der Waals surface area contributed by atoms with E-state index in [4.69, 9.17) is 4.42 Å². The molecule has 1 aliphatic heterocycles. The third-order valence-corrected chi connectivity index (χ3v) is 4.77. The number of para-hydroxylation sites is 1. The van der Waals surface area contributed by atoms with Gasteiger partial charge in [0.1, 0.15) is 11.1 Å². The molecule has 0 radical (unpaired) electrons. The molecule has 0 saturated carbocycles. The second-order valence-corrected chi connectivity index (χ2v) is 6.73. The predicted octanol–water partition coefficient (Wildman–Crippen LogP) is 4.15. The Kier molecular flexibility index (Phi) is 3.73. The average Bonchev–Trinajstić information content (AvgIpc) is 2.60. The molecular formula is C19H14BrNO3. The Bertz CT molecular complexity index is 1010. The van der Waals surface area contributed by atoms with E-state index in [1.54, 1.807) is 23.1 Å². The molecule has 0 spiro atoms. The predicted molar refractivity (Wildman–Crippen MR) is 96.6 cm³/mol. The third kappa shape index (κ3) is 2.55. The molecule has 24 heavy (non-hydrogen) atoms. The van der Waals surface area contributed by atoms with Gasteiger partial charge in [0.2, 0.25) is 0 Å². The van der Waals surface area contributed by atoms with Crippen molar-refractivity contribution in [1.29, 1.82) is 0 Å². The van der Waals surface area contributed by atoms with Crippen LogP contribution in [-0.2, 0) is 6.42 Å². The summed E-state index contributed by atoms with van der Waals surface area (Å²) in [5.41, 5.74) is 1.95. The number of hydrogen-bond acceptors (Lipinski definition) is 3. The highest BCUT2D eigenvalue weighted by Gasteiger charge is 2.26. The number of rotatable bonds is 1. The third-order valence-electron chi connectivity index (χ3n) is 4.28. The first-order valence-electron chi connectivity index (χ1n) is 7.77. The van der Waals surface area contributed by atoms with Gasteiger partial charge >= 0.3 is 5.63 Å². The molecule has 0 atom stereocenters. The van der Waals surface area contributed by atoms with Crippen molar-refractivity contribution >= 4 is 38.5 Å². The number of hydrogen-bond donors (Lipinski definition) is 0. The van der Waals surface area contributed by atoms with Crippen LogP contribution in [0.25, 0.3) is 11.0 Å². The maximum atomic E-state index is 13.0. The highest BCUT2D eigenvalue weighted by Crippen LogP contribution is 2.28. The van der Waals surface area contributed by atoms with E-state index < -0.39 is 5.63 Å². The summed E-state index contributed by atoms with van der Waals surface area (Å²) in [6.45, 7) is 0.603. The van der Waals surface area contributed by atoms with Crippen LogP contribution in [-0.4, -0.2) is 12.5 Å². The standard InChI is InChI=1S/C19H14BrNO3/c20-14-7-8-17-13(10-14)11-15(19(23)24-17)18(22)21-9-3-5-12-4-1-2-6-16(12)21/h1-2,4,6-8,10-11H,3,5,9H2. The second-order valence-electron chi connectivity index (χ2n) is 5.82. The molecule has 0 aliphatic carbocycles. The van der Waals surface area contributed by atoms with Crippen LogP contribution < -0.4 is 10.5 Å². The number of carbonyl (C=O) groups is 1. The summed E-state index contributed by atoms with van der Waals surface area (Å²) >= 11 is 3.40. The first kappa shape index (κ1) is 15.1. The molecule has 3 aromatic rings. The van der Waals surface area contributed by atoms with E-state index in [1.165, 1.54) is 0 Å². The van der Waals surface area contributed by atoms with Crippen LogP contribution in [0.1, 0.15) is 22.3 Å². The van der Waals surface area contributed by atoms with Gasteiger partial charge in [-0.2, -0.15) is 0 Å². The van der Waals surface area contributed by atoms with Crippen LogP contribution in [0.4, 0.5) is 5.69 Å². The van der Waals surface area contributed by atoms with Gasteiger partial charge in [-0.3, -0.25) is 4.79 Å². The van der Waals surface area contributed by atoms with Gasteiger partial charge in [-0.15, -0.1) is 0 Å². The lowest BCUT2D eigenvalue weighted by atomic mass is 10.0. The van der Waals surface area contributed by atoms with E-state index in [0.717, 1.165) is 34.0 Å². The Morgan fingerprint density at radius 3 is 2.83 bits per heavy atom. The minimum atomic E-state index is -0.599. The van der Waals surface area contributed by atoms with Gasteiger partial charge < -0.3 is 9.32 Å². The van der Waals surface area contributed by atoms with Crippen molar-refractivity contribution < 1.29 is 9.21 Å². The summed E-state index contributed by atoms with van der Waals surface area (Å²) in [4.78, 5) is 26.9. The number of aryl methyl sites for hydroxylation is 1. The zero-order valence-corrected chi connectivity index (χ0v) is 14.4. The number of fused-ring (bicyclic) bond motifs is 2. The van der Waals surface area contributed by atoms with Crippen molar-refractivity contribution in [3.63, 3.8) is 0 Å². The van der Waals surface area contributed by atoms with Crippen molar-refractivity contribution in [3.8, 4) is 0 Å². The fourth-order valence-corrected chi connectivity index (χ4v) is 3.51. The summed E-state index contributed by atoms with van der Waals surface area (Å²) in [6, 6.07) is 14.8. The molecule has 120 valence electrons. The topological polar surface area (TPSA) is 50.5 Å². The summed E-state index contributed by atoms with van der Waals surface area (Å²) in [6.07, 6.45) is 1.83. The van der Waals surface area contributed by atoms with Crippen molar-refractivity contribution in [3.05, 3.63) is 74.6 Å². The number of anilines is 1. The number of amides is 1. The lowest BCUT2D eigenvalue weighted by molar-refractivity contribution is 0.0981. The van der Waals surface area contributed by atoms with E-state index in [1.807, 2.05) is 30.3 Å². The maximum Gasteiger partial charge on any atom is 0.349 e. The van der Waals surface area contributed by atoms with Crippen LogP contribution in [0.2, 0.25) is 0 Å². The summed E-state index contributed by atoms with van der Waals surface area (Å²) < 4.78 is 6.19. The lowest BCUT2D eigenvalue weighted by Crippen LogP contribution is -2.37. The SMILES string of the molecule is O=C(c1cc2cc(Br)ccc2oc1=O)N1CCCc2ccccc21. The maximum absolute atomic E-state index is 13.0. The molecule has 4 nitrogen and oxygen atoms in total. The van der Waals surface area contributed by atoms with E-state index >= 15 is 0 Å². The first-order valence-corrected chi connectivity index (χ1v) is 8.56. The highest BCUT2D eigenvalue weighted by atomic mass is 79.9. The molecule has 1 aliphatic rings. The highest BCUT2D eigenvalue weighted by molar-refractivity contribution is 9.10. The Morgan fingerprint density at radius 2 is 1.96 bits per heavy atom. The number of benzene rings is 2. The van der Waals surface area contributed by atoms with Gasteiger partial charge in [-0.05, 0) is 48.7 Å². The minimum absolute atomic E-state index is 0.0669. The van der Waals surface area contributed by atoms with Gasteiger partial charge in [0.15, 0.2) is 0 Å². The molecule has 0 unspecified atom stereocenters. The number of carbonyl (C=O) groups excluding carboxylic acids is 1. The van der Waals surface area contributed by atoms with Crippen molar-refractivity contribution in [2.45, 2.75) is 12.8 Å². The second kappa shape index (κ2) is 5.91. The smallest absolute Gasteiger partial charge is 0.349 e. The van der Waals surface area contributed by atoms with Crippen molar-refractivity contribution in [2.24, 2.45) is 0 Å². The van der Waals surface area contributed by atoms with Gasteiger partial charge in [0.25, 0.3) is 5.91 Å². The quantitative estimate of drug-likeness (QED) is 0.593. The molecule has 0 saturated heterocycles. The molecule has 0 fully saturated rings. The molecular weight excluding hydrogens is 370 g/mol. The molecule has 0 N–H and O–H groups in total. The van der Waals surface area contributed by atoms with Crippen molar-refractivity contribution in [1.82, 2.24) is 0 Å². The zero-order valence-electron chi connectivity index (χ0n) is 12.8. The van der Waals surface area contributed by atoms with E-state index in [9.17, 15) is 9.59 Å². The molecule has 1 aromatic heterocycles. The molecule has 4 rings (SSSR count). The Morgan fingerprint density at radius 1 is 1.12 bits per heavy atom. The van der Waals surface area contributed by atoms with Gasteiger partial charge in [0, 0.05) is 22.1 Å². The average molecular weight is 384 g/mol. The Labute approximate surface area is 146 Å². The van der Waals surface area contributed by atoms with Gasteiger partial charge in [0.05, 0.1) is 0 Å². The molecule has 0 bridgehead atoms. The van der Waals surface area contributed by atoms with Crippen LogP contribution >= 0.6 is 15.9 Å². The molecule has 1 amide bonds. The summed E-state index contributed by atoms with van der Waals surface area (Å²) in [5.74, 6) is -0.308. The normalized spacial score (nSPS) is 13.8. The fraction of sp³-hybridized carbons (Fsp3) is 0.158. The largest absolute Gasteiger partial charge is 0.422 e. The number of halogens is 1. The van der Waals surface area contributed by atoms with Crippen LogP contribution in [0.3, 0.4) is 0 Å². The Hall–Kier alpha value is -2.40. The van der Waals surface area contributed by atoms with Gasteiger partial charge in [-0.25, -0.2) is 4.79 Å². The van der Waals surface area contributed by atoms with Gasteiger partial charge in [-0.1, -0.05) is 34.1 Å². The zero-order chi connectivity index (χ0) is 16.7. The number of nitrogens with zero attached hydrogens (tertiary/aromatic N) is 1. The summed E-state index contributed by atoms with van der Waals surface area (Å²) in [5, 5.41) is 0.720. The molecule has 5 heteroatoms. The monoisotopic (exact) mass is 383 g/mol. The van der Waals surface area contributed by atoms with E-state index in [2.05, 4.69) is 15.9 Å². The fourth-order valence-electron chi connectivity index (χ4n) is 3.13. The minimum Gasteiger partial charge on any atom is -0.422 e. The van der Waals surface area contributed by atoms with Crippen LogP contribution in [0.15, 0.2) is 62.2 Å². The first-order chi connectivity index (χ1) is 11.6. The van der Waals surface area contributed by atoms with Crippen LogP contribution in [0, 0.1) is 0 Å². The van der Waals surface area contributed by atoms with E-state index in [-0.39, 0.29) is 11.5 Å². The van der Waals surface area contributed by atoms with Crippen LogP contribution in [0.5, 0.6) is 0 Å². The van der Waals surface area contributed by atoms with Crippen molar-refractivity contribution in [2.75, 3.05) is 11.4 Å². The summed E-state index contributed by atoms with van der Waals surface area (Å²) in [7, 11) is 0. The molecule has 2 heterocycles. The lowest BCUT2D eigenvalue weighted by Gasteiger charge is -2.29.